The van der Waals surface area contributed by atoms with Crippen molar-refractivity contribution in [1.29, 1.82) is 0 Å². The number of anilines is 6. The van der Waals surface area contributed by atoms with Gasteiger partial charge in [-0.25, -0.2) is 0 Å². The Balaban J connectivity index is 0.966. The van der Waals surface area contributed by atoms with E-state index >= 15 is 0 Å². The molecule has 10 rings (SSSR count). The molecule has 58 heavy (non-hydrogen) atoms. The Morgan fingerprint density at radius 1 is 0.379 bits per heavy atom. The molecule has 9 aromatic carbocycles. The monoisotopic (exact) mass is 744 g/mol. The Bertz CT molecular complexity index is 2940. The summed E-state index contributed by atoms with van der Waals surface area (Å²) in [5.41, 5.74) is 15.7. The van der Waals surface area contributed by atoms with Gasteiger partial charge in [-0.15, -0.1) is 0 Å². The zero-order valence-electron chi connectivity index (χ0n) is 33.1. The van der Waals surface area contributed by atoms with Crippen LogP contribution >= 0.6 is 0 Å². The first-order valence-electron chi connectivity index (χ1n) is 20.2. The fourth-order valence-electron chi connectivity index (χ4n) is 8.93. The summed E-state index contributed by atoms with van der Waals surface area (Å²) in [5.74, 6) is 0. The van der Waals surface area contributed by atoms with E-state index < -0.39 is 0 Å². The van der Waals surface area contributed by atoms with E-state index in [1.165, 1.54) is 60.6 Å². The van der Waals surface area contributed by atoms with Gasteiger partial charge in [0.15, 0.2) is 0 Å². The van der Waals surface area contributed by atoms with Gasteiger partial charge in [0.2, 0.25) is 0 Å². The van der Waals surface area contributed by atoms with Gasteiger partial charge in [0, 0.05) is 39.2 Å². The molecular weight excluding hydrogens is 701 g/mol. The van der Waals surface area contributed by atoms with Crippen LogP contribution in [-0.4, -0.2) is 0 Å². The third-order valence-electron chi connectivity index (χ3n) is 11.8. The lowest BCUT2D eigenvalue weighted by atomic mass is 9.81. The Morgan fingerprint density at radius 2 is 0.897 bits per heavy atom. The number of rotatable bonds is 8. The Kier molecular flexibility index (Phi) is 8.76. The first-order chi connectivity index (χ1) is 28.4. The summed E-state index contributed by atoms with van der Waals surface area (Å²) >= 11 is 0. The molecule has 0 saturated carbocycles. The van der Waals surface area contributed by atoms with E-state index in [1.807, 2.05) is 0 Å². The molecule has 0 N–H and O–H groups in total. The molecule has 0 aromatic heterocycles. The molecule has 2 nitrogen and oxygen atoms in total. The minimum Gasteiger partial charge on any atom is -0.310 e. The zero-order valence-corrected chi connectivity index (χ0v) is 33.1. The lowest BCUT2D eigenvalue weighted by molar-refractivity contribution is 0.660. The minimum absolute atomic E-state index is 0.155. The summed E-state index contributed by atoms with van der Waals surface area (Å²) in [6, 6.07) is 72.8. The van der Waals surface area contributed by atoms with Crippen LogP contribution in [0.25, 0.3) is 44.8 Å². The maximum absolute atomic E-state index is 2.40. The van der Waals surface area contributed by atoms with E-state index in [2.05, 4.69) is 243 Å². The molecule has 9 aromatic rings. The summed E-state index contributed by atoms with van der Waals surface area (Å²) < 4.78 is 0. The lowest BCUT2D eigenvalue weighted by Crippen LogP contribution is -2.16. The number of hydrogen-bond acceptors (Lipinski definition) is 2. The highest BCUT2D eigenvalue weighted by Gasteiger charge is 2.36. The van der Waals surface area contributed by atoms with E-state index in [0.717, 1.165) is 34.0 Å². The molecule has 1 aliphatic carbocycles. The van der Waals surface area contributed by atoms with Crippen molar-refractivity contribution >= 4 is 67.8 Å². The van der Waals surface area contributed by atoms with Gasteiger partial charge in [0.1, 0.15) is 0 Å². The smallest absolute Gasteiger partial charge is 0.0546 e. The molecular formula is C56H44N2. The Hall–Kier alpha value is -7.16. The zero-order chi connectivity index (χ0) is 39.2. The number of para-hydroxylation sites is 2. The van der Waals surface area contributed by atoms with E-state index in [-0.39, 0.29) is 5.41 Å². The molecule has 0 aliphatic heterocycles. The summed E-state index contributed by atoms with van der Waals surface area (Å²) in [6.07, 6.45) is 4.49. The van der Waals surface area contributed by atoms with Crippen LogP contribution < -0.4 is 9.80 Å². The van der Waals surface area contributed by atoms with E-state index in [0.29, 0.717) is 0 Å². The quantitative estimate of drug-likeness (QED) is 0.113. The van der Waals surface area contributed by atoms with Gasteiger partial charge in [0.05, 0.1) is 5.69 Å². The second-order valence-electron chi connectivity index (χ2n) is 15.9. The van der Waals surface area contributed by atoms with Gasteiger partial charge in [-0.1, -0.05) is 159 Å². The maximum Gasteiger partial charge on any atom is 0.0546 e. The number of benzene rings is 9. The van der Waals surface area contributed by atoms with Crippen LogP contribution in [0.2, 0.25) is 0 Å². The Labute approximate surface area is 341 Å². The molecule has 0 heterocycles. The van der Waals surface area contributed by atoms with Crippen LogP contribution in [0.15, 0.2) is 200 Å². The topological polar surface area (TPSA) is 6.48 Å². The number of fused-ring (bicyclic) bond motifs is 6. The van der Waals surface area contributed by atoms with Gasteiger partial charge in [0.25, 0.3) is 0 Å². The summed E-state index contributed by atoms with van der Waals surface area (Å²) in [7, 11) is 0. The third-order valence-corrected chi connectivity index (χ3v) is 11.8. The molecule has 0 atom stereocenters. The van der Waals surface area contributed by atoms with Crippen molar-refractivity contribution in [2.75, 3.05) is 9.80 Å². The maximum atomic E-state index is 2.40. The average Bonchev–Trinajstić information content (AvgIpc) is 3.49. The summed E-state index contributed by atoms with van der Waals surface area (Å²) in [4.78, 5) is 4.75. The molecule has 0 spiro atoms. The molecule has 0 radical (unpaired) electrons. The highest BCUT2D eigenvalue weighted by atomic mass is 15.1. The van der Waals surface area contributed by atoms with Gasteiger partial charge >= 0.3 is 0 Å². The van der Waals surface area contributed by atoms with Crippen LogP contribution in [0.1, 0.15) is 41.7 Å². The average molecular weight is 745 g/mol. The molecule has 1 aliphatic rings. The van der Waals surface area contributed by atoms with E-state index in [4.69, 9.17) is 0 Å². The fraction of sp³-hybridized carbons (Fsp3) is 0.0714. The number of hydrogen-bond donors (Lipinski definition) is 0. The highest BCUT2D eigenvalue weighted by Crippen LogP contribution is 2.51. The van der Waals surface area contributed by atoms with Crippen molar-refractivity contribution in [3.63, 3.8) is 0 Å². The fourth-order valence-corrected chi connectivity index (χ4v) is 8.93. The van der Waals surface area contributed by atoms with Crippen molar-refractivity contribution in [3.8, 4) is 11.1 Å². The van der Waals surface area contributed by atoms with Gasteiger partial charge in [-0.05, 0) is 129 Å². The van der Waals surface area contributed by atoms with Crippen molar-refractivity contribution in [2.24, 2.45) is 0 Å². The molecule has 278 valence electrons. The van der Waals surface area contributed by atoms with E-state index in [9.17, 15) is 0 Å². The minimum atomic E-state index is -0.155. The van der Waals surface area contributed by atoms with Gasteiger partial charge in [-0.2, -0.15) is 0 Å². The van der Waals surface area contributed by atoms with Gasteiger partial charge in [-0.3, -0.25) is 0 Å². The molecule has 2 heteroatoms. The predicted molar refractivity (Wildman–Crippen MR) is 248 cm³/mol. The van der Waals surface area contributed by atoms with Crippen molar-refractivity contribution in [1.82, 2.24) is 0 Å². The SMILES string of the molecule is Cc1cccc(N(c2ccc(/C=C/c3ccc4c(c3)C(C)(C)c3cc(N(c5ccccc5)c5ccccc5)ccc3-4)cc2)c2cc3ccccc3c3ccccc23)c1. The largest absolute Gasteiger partial charge is 0.310 e. The molecule has 0 amide bonds. The number of aryl methyl sites for hydroxylation is 1. The lowest BCUT2D eigenvalue weighted by Gasteiger charge is -2.28. The number of nitrogens with zero attached hydrogens (tertiary/aromatic N) is 2. The molecule has 0 unspecified atom stereocenters. The van der Waals surface area contributed by atoms with Crippen molar-refractivity contribution in [3.05, 3.63) is 228 Å². The standard InChI is InChI=1S/C56H44N2/c1-39-15-14-21-46(35-39)58(55-37-42-16-10-11-22-48(42)49-23-12-13-24-52(49)55)45-30-27-40(28-31-45)25-26-41-29-33-50-51-34-32-47(38-54(51)56(2,3)53(50)36-41)57(43-17-6-4-7-18-43)44-19-8-5-9-20-44/h4-38H,1-3H3/b26-25+. The van der Waals surface area contributed by atoms with Crippen LogP contribution in [-0.2, 0) is 5.41 Å². The Morgan fingerprint density at radius 3 is 1.60 bits per heavy atom. The first kappa shape index (κ1) is 35.3. The third kappa shape index (κ3) is 6.24. The summed E-state index contributed by atoms with van der Waals surface area (Å²) in [6.45, 7) is 6.89. The van der Waals surface area contributed by atoms with Crippen LogP contribution in [0.5, 0.6) is 0 Å². The van der Waals surface area contributed by atoms with Crippen LogP contribution in [0, 0.1) is 6.92 Å². The molecule has 0 saturated heterocycles. The van der Waals surface area contributed by atoms with Crippen molar-refractivity contribution in [2.45, 2.75) is 26.2 Å². The second kappa shape index (κ2) is 14.4. The van der Waals surface area contributed by atoms with Crippen LogP contribution in [0.3, 0.4) is 0 Å². The molecule has 0 bridgehead atoms. The van der Waals surface area contributed by atoms with Crippen molar-refractivity contribution < 1.29 is 0 Å². The first-order valence-corrected chi connectivity index (χ1v) is 20.2. The van der Waals surface area contributed by atoms with E-state index in [1.54, 1.807) is 0 Å². The highest BCUT2D eigenvalue weighted by molar-refractivity contribution is 6.14. The normalized spacial score (nSPS) is 12.8. The summed E-state index contributed by atoms with van der Waals surface area (Å²) in [5, 5.41) is 4.99. The van der Waals surface area contributed by atoms with Gasteiger partial charge < -0.3 is 9.80 Å². The van der Waals surface area contributed by atoms with Crippen LogP contribution in [0.4, 0.5) is 34.1 Å². The predicted octanol–water partition coefficient (Wildman–Crippen LogP) is 15.7. The second-order valence-corrected chi connectivity index (χ2v) is 15.9. The molecule has 0 fully saturated rings.